The third kappa shape index (κ3) is 8.13. The molecule has 0 spiro atoms. The van der Waals surface area contributed by atoms with Crippen molar-refractivity contribution >= 4 is 29.6 Å². The highest BCUT2D eigenvalue weighted by atomic mass is 16.5. The zero-order chi connectivity index (χ0) is 31.6. The number of hydrogen-bond acceptors (Lipinski definition) is 6. The molecule has 7 N–H and O–H groups in total. The summed E-state index contributed by atoms with van der Waals surface area (Å²) in [6, 6.07) is 20.0. The molecule has 5 amide bonds. The van der Waals surface area contributed by atoms with Gasteiger partial charge < -0.3 is 36.8 Å². The molecule has 0 aromatic heterocycles. The maximum atomic E-state index is 13.4. The molecule has 3 aromatic carbocycles. The fourth-order valence-corrected chi connectivity index (χ4v) is 5.27. The highest BCUT2D eigenvalue weighted by Gasteiger charge is 2.32. The summed E-state index contributed by atoms with van der Waals surface area (Å²) < 4.78 is 5.64. The van der Waals surface area contributed by atoms with Crippen LogP contribution < -0.4 is 27.0 Å². The van der Waals surface area contributed by atoms with E-state index in [9.17, 15) is 24.3 Å². The van der Waals surface area contributed by atoms with Gasteiger partial charge in [0.05, 0.1) is 6.61 Å². The van der Waals surface area contributed by atoms with Gasteiger partial charge >= 0.3 is 12.1 Å². The van der Waals surface area contributed by atoms with Gasteiger partial charge in [-0.3, -0.25) is 9.59 Å². The maximum Gasteiger partial charge on any atom is 0.407 e. The highest BCUT2D eigenvalue weighted by Crippen LogP contribution is 2.44. The number of ether oxygens (including phenoxy) is 1. The summed E-state index contributed by atoms with van der Waals surface area (Å²) in [6.45, 7) is 3.74. The molecular formula is C33H39N5O6. The summed E-state index contributed by atoms with van der Waals surface area (Å²) in [7, 11) is 0. The predicted octanol–water partition coefficient (Wildman–Crippen LogP) is 3.61. The maximum absolute atomic E-state index is 13.4. The van der Waals surface area contributed by atoms with Crippen LogP contribution in [-0.4, -0.2) is 54.3 Å². The number of urea groups is 1. The number of benzene rings is 3. The number of carbonyl (C=O) groups excluding carboxylic acids is 4. The monoisotopic (exact) mass is 601 g/mol. The Kier molecular flexibility index (Phi) is 10.9. The van der Waals surface area contributed by atoms with Crippen molar-refractivity contribution in [2.45, 2.75) is 51.3 Å². The van der Waals surface area contributed by atoms with E-state index in [1.54, 1.807) is 38.1 Å². The molecule has 0 radical (unpaired) electrons. The number of rotatable bonds is 13. The van der Waals surface area contributed by atoms with Crippen molar-refractivity contribution < 1.29 is 29.0 Å². The summed E-state index contributed by atoms with van der Waals surface area (Å²) in [5.41, 5.74) is 10.7. The quantitative estimate of drug-likeness (QED) is 0.163. The van der Waals surface area contributed by atoms with Crippen molar-refractivity contribution in [2.24, 2.45) is 11.7 Å². The van der Waals surface area contributed by atoms with Gasteiger partial charge in [-0.25, -0.2) is 9.59 Å². The van der Waals surface area contributed by atoms with E-state index in [4.69, 9.17) is 10.5 Å². The van der Waals surface area contributed by atoms with Crippen LogP contribution in [0.25, 0.3) is 11.1 Å². The molecule has 4 rings (SSSR count). The van der Waals surface area contributed by atoms with Crippen LogP contribution in [0.3, 0.4) is 0 Å². The van der Waals surface area contributed by atoms with E-state index in [1.165, 1.54) is 0 Å². The molecule has 2 atom stereocenters. The molecule has 44 heavy (non-hydrogen) atoms. The number of alkyl carbamates (subject to hydrolysis) is 1. The molecule has 0 fully saturated rings. The number of nitrogens with two attached hydrogens (primary N) is 1. The Hall–Kier alpha value is -4.90. The van der Waals surface area contributed by atoms with Crippen molar-refractivity contribution in [1.82, 2.24) is 16.0 Å². The lowest BCUT2D eigenvalue weighted by Crippen LogP contribution is -2.54. The Morgan fingerprint density at radius 2 is 1.48 bits per heavy atom. The molecule has 11 nitrogen and oxygen atoms in total. The molecule has 0 heterocycles. The molecule has 11 heteroatoms. The van der Waals surface area contributed by atoms with Gasteiger partial charge in [0.25, 0.3) is 0 Å². The summed E-state index contributed by atoms with van der Waals surface area (Å²) >= 11 is 0. The van der Waals surface area contributed by atoms with Crippen molar-refractivity contribution in [3.63, 3.8) is 0 Å². The van der Waals surface area contributed by atoms with Crippen LogP contribution in [0, 0.1) is 5.92 Å². The first-order valence-electron chi connectivity index (χ1n) is 14.6. The van der Waals surface area contributed by atoms with E-state index >= 15 is 0 Å². The number of aliphatic hydroxyl groups excluding tert-OH is 1. The number of fused-ring (bicyclic) bond motifs is 3. The van der Waals surface area contributed by atoms with E-state index in [0.717, 1.165) is 22.3 Å². The van der Waals surface area contributed by atoms with Crippen LogP contribution in [0.5, 0.6) is 0 Å². The Morgan fingerprint density at radius 1 is 0.864 bits per heavy atom. The minimum absolute atomic E-state index is 0.0965. The van der Waals surface area contributed by atoms with Crippen LogP contribution in [-0.2, 0) is 20.9 Å². The lowest BCUT2D eigenvalue weighted by molar-refractivity contribution is -0.128. The number of carbonyl (C=O) groups is 4. The molecule has 0 saturated carbocycles. The van der Waals surface area contributed by atoms with E-state index in [1.807, 2.05) is 48.5 Å². The van der Waals surface area contributed by atoms with Gasteiger partial charge in [0.15, 0.2) is 0 Å². The van der Waals surface area contributed by atoms with Gasteiger partial charge in [0.1, 0.15) is 18.7 Å². The van der Waals surface area contributed by atoms with Crippen LogP contribution >= 0.6 is 0 Å². The average Bonchev–Trinajstić information content (AvgIpc) is 3.33. The molecule has 0 saturated heterocycles. The largest absolute Gasteiger partial charge is 0.449 e. The normalized spacial score (nSPS) is 13.3. The van der Waals surface area contributed by atoms with Gasteiger partial charge in [-0.05, 0) is 58.7 Å². The Bertz CT molecular complexity index is 1430. The van der Waals surface area contributed by atoms with Gasteiger partial charge in [0.2, 0.25) is 11.8 Å². The van der Waals surface area contributed by atoms with Gasteiger partial charge in [0, 0.05) is 18.2 Å². The lowest BCUT2D eigenvalue weighted by Gasteiger charge is -2.25. The number of amides is 5. The first-order chi connectivity index (χ1) is 21.2. The SMILES string of the molecule is CC(C)[C@@H](NC(=O)OCC1c2ccccc2-c2ccccc21)C(=O)N[C@H](CCCNC(N)=O)C(=O)Nc1ccc(CO)cc1. The second kappa shape index (κ2) is 15.0. The smallest absolute Gasteiger partial charge is 0.407 e. The minimum atomic E-state index is -0.978. The lowest BCUT2D eigenvalue weighted by atomic mass is 9.98. The van der Waals surface area contributed by atoms with Crippen molar-refractivity contribution in [3.05, 3.63) is 89.5 Å². The molecule has 1 aliphatic rings. The zero-order valence-corrected chi connectivity index (χ0v) is 24.8. The Labute approximate surface area is 256 Å². The topological polar surface area (TPSA) is 172 Å². The molecule has 0 bridgehead atoms. The standard InChI is InChI=1S/C33H39N5O6/c1-20(2)29(38-33(43)44-19-27-25-10-5-3-8-23(25)24-9-4-6-11-26(24)27)31(41)37-28(12-7-17-35-32(34)42)30(40)36-22-15-13-21(18-39)14-16-22/h3-6,8-11,13-16,20,27-29,39H,7,12,17-19H2,1-2H3,(H,36,40)(H,37,41)(H,38,43)(H3,34,35,42)/t28-,29-/m1/s1. The van der Waals surface area contributed by atoms with Gasteiger partial charge in [-0.1, -0.05) is 74.5 Å². The van der Waals surface area contributed by atoms with Crippen molar-refractivity contribution in [2.75, 3.05) is 18.5 Å². The van der Waals surface area contributed by atoms with E-state index in [0.29, 0.717) is 17.7 Å². The summed E-state index contributed by atoms with van der Waals surface area (Å²) in [5, 5.41) is 19.9. The number of hydrogen-bond donors (Lipinski definition) is 6. The molecule has 0 unspecified atom stereocenters. The van der Waals surface area contributed by atoms with Crippen LogP contribution in [0.15, 0.2) is 72.8 Å². The molecule has 0 aliphatic heterocycles. The average molecular weight is 602 g/mol. The Balaban J connectivity index is 1.40. The number of nitrogens with one attached hydrogen (secondary N) is 4. The predicted molar refractivity (Wildman–Crippen MR) is 167 cm³/mol. The third-order valence-corrected chi connectivity index (χ3v) is 7.57. The second-order valence-electron chi connectivity index (χ2n) is 11.0. The van der Waals surface area contributed by atoms with E-state index in [-0.39, 0.29) is 38.0 Å². The molecule has 232 valence electrons. The first-order valence-corrected chi connectivity index (χ1v) is 14.6. The van der Waals surface area contributed by atoms with Crippen molar-refractivity contribution in [1.29, 1.82) is 0 Å². The molecule has 3 aromatic rings. The third-order valence-electron chi connectivity index (χ3n) is 7.57. The number of aliphatic hydroxyl groups is 1. The van der Waals surface area contributed by atoms with Crippen molar-refractivity contribution in [3.8, 4) is 11.1 Å². The summed E-state index contributed by atoms with van der Waals surface area (Å²) in [6.07, 6.45) is -0.185. The summed E-state index contributed by atoms with van der Waals surface area (Å²) in [5.74, 6) is -1.47. The van der Waals surface area contributed by atoms with Gasteiger partial charge in [-0.2, -0.15) is 0 Å². The molecular weight excluding hydrogens is 562 g/mol. The second-order valence-corrected chi connectivity index (χ2v) is 11.0. The van der Waals surface area contributed by atoms with E-state index in [2.05, 4.69) is 21.3 Å². The van der Waals surface area contributed by atoms with Crippen LogP contribution in [0.1, 0.15) is 49.3 Å². The van der Waals surface area contributed by atoms with Crippen LogP contribution in [0.2, 0.25) is 0 Å². The summed E-state index contributed by atoms with van der Waals surface area (Å²) in [4.78, 5) is 50.7. The number of primary amides is 1. The van der Waals surface area contributed by atoms with Gasteiger partial charge in [-0.15, -0.1) is 0 Å². The van der Waals surface area contributed by atoms with E-state index < -0.39 is 36.0 Å². The fraction of sp³-hybridized carbons (Fsp3) is 0.333. The first kappa shape index (κ1) is 32.0. The fourth-order valence-electron chi connectivity index (χ4n) is 5.27. The minimum Gasteiger partial charge on any atom is -0.449 e. The number of anilines is 1. The zero-order valence-electron chi connectivity index (χ0n) is 24.8. The molecule has 1 aliphatic carbocycles. The Morgan fingerprint density at radius 3 is 2.05 bits per heavy atom. The van der Waals surface area contributed by atoms with Crippen LogP contribution in [0.4, 0.5) is 15.3 Å². The highest BCUT2D eigenvalue weighted by molar-refractivity contribution is 5.98.